The highest BCUT2D eigenvalue weighted by atomic mass is 127. The van der Waals surface area contributed by atoms with Crippen LogP contribution in [0.4, 0.5) is 4.39 Å². The summed E-state index contributed by atoms with van der Waals surface area (Å²) in [5.41, 5.74) is 1.72. The highest BCUT2D eigenvalue weighted by molar-refractivity contribution is 14.0. The molecular weight excluding hydrogens is 476 g/mol. The maximum absolute atomic E-state index is 13.5. The van der Waals surface area contributed by atoms with Crippen LogP contribution in [-0.4, -0.2) is 37.2 Å². The quantitative estimate of drug-likeness (QED) is 0.234. The van der Waals surface area contributed by atoms with Crippen molar-refractivity contribution in [3.05, 3.63) is 52.7 Å². The van der Waals surface area contributed by atoms with Gasteiger partial charge < -0.3 is 20.5 Å². The second-order valence-electron chi connectivity index (χ2n) is 6.45. The summed E-state index contributed by atoms with van der Waals surface area (Å²) in [5.74, 6) is 0.898. The zero-order valence-corrected chi connectivity index (χ0v) is 18.8. The van der Waals surface area contributed by atoms with Gasteiger partial charge in [-0.3, -0.25) is 9.79 Å². The third-order valence-electron chi connectivity index (χ3n) is 3.96. The lowest BCUT2D eigenvalue weighted by molar-refractivity contribution is 0.0954. The van der Waals surface area contributed by atoms with E-state index in [0.717, 1.165) is 11.5 Å². The second-order valence-corrected chi connectivity index (χ2v) is 6.45. The van der Waals surface area contributed by atoms with E-state index in [9.17, 15) is 9.18 Å². The molecule has 0 spiro atoms. The van der Waals surface area contributed by atoms with Crippen molar-refractivity contribution >= 4 is 35.8 Å². The van der Waals surface area contributed by atoms with E-state index >= 15 is 0 Å². The molecule has 28 heavy (non-hydrogen) atoms. The molecule has 1 heterocycles. The Morgan fingerprint density at radius 3 is 2.54 bits per heavy atom. The number of aromatic nitrogens is 1. The molecule has 0 aliphatic carbocycles. The maximum Gasteiger partial charge on any atom is 0.251 e. The van der Waals surface area contributed by atoms with Gasteiger partial charge in [0, 0.05) is 31.8 Å². The molecule has 0 aliphatic heterocycles. The first kappa shape index (κ1) is 23.9. The number of aryl methyl sites for hydroxylation is 1. The monoisotopic (exact) mass is 503 g/mol. The fraction of sp³-hybridized carbons (Fsp3) is 0.421. The van der Waals surface area contributed by atoms with Crippen molar-refractivity contribution < 1.29 is 13.7 Å². The van der Waals surface area contributed by atoms with Crippen LogP contribution in [0.5, 0.6) is 0 Å². The van der Waals surface area contributed by atoms with Crippen LogP contribution in [-0.2, 0) is 6.54 Å². The van der Waals surface area contributed by atoms with Crippen molar-refractivity contribution in [3.8, 4) is 0 Å². The number of nitrogens with one attached hydrogen (secondary N) is 3. The molecule has 7 nitrogen and oxygen atoms in total. The molecule has 0 saturated carbocycles. The van der Waals surface area contributed by atoms with Gasteiger partial charge in [-0.25, -0.2) is 4.39 Å². The van der Waals surface area contributed by atoms with Crippen molar-refractivity contribution in [3.63, 3.8) is 0 Å². The topological polar surface area (TPSA) is 91.5 Å². The van der Waals surface area contributed by atoms with Gasteiger partial charge in [-0.1, -0.05) is 25.1 Å². The molecule has 0 saturated heterocycles. The number of carbonyl (C=O) groups excluding carboxylic acids is 1. The highest BCUT2D eigenvalue weighted by Crippen LogP contribution is 2.13. The summed E-state index contributed by atoms with van der Waals surface area (Å²) in [6, 6.07) is 6.33. The second kappa shape index (κ2) is 11.6. The van der Waals surface area contributed by atoms with Crippen LogP contribution >= 0.6 is 24.0 Å². The Hall–Kier alpha value is -2.17. The Bertz CT molecular complexity index is 807. The van der Waals surface area contributed by atoms with Crippen molar-refractivity contribution in [2.45, 2.75) is 33.2 Å². The van der Waals surface area contributed by atoms with Gasteiger partial charge in [0.25, 0.3) is 5.91 Å². The van der Waals surface area contributed by atoms with Gasteiger partial charge in [0.05, 0.1) is 12.2 Å². The number of aliphatic imine (C=N–C) groups is 1. The van der Waals surface area contributed by atoms with E-state index in [4.69, 9.17) is 4.52 Å². The molecule has 0 unspecified atom stereocenters. The molecule has 9 heteroatoms. The van der Waals surface area contributed by atoms with Gasteiger partial charge in [0.1, 0.15) is 5.82 Å². The number of benzene rings is 1. The number of rotatable bonds is 7. The first-order valence-corrected chi connectivity index (χ1v) is 8.85. The molecule has 0 bridgehead atoms. The zero-order valence-electron chi connectivity index (χ0n) is 16.5. The molecule has 154 valence electrons. The number of amides is 1. The molecule has 2 rings (SSSR count). The zero-order chi connectivity index (χ0) is 19.8. The van der Waals surface area contributed by atoms with Crippen molar-refractivity contribution in [1.29, 1.82) is 0 Å². The van der Waals surface area contributed by atoms with E-state index in [1.807, 2.05) is 6.07 Å². The first-order valence-electron chi connectivity index (χ1n) is 8.85. The molecule has 0 radical (unpaired) electrons. The minimum absolute atomic E-state index is 0. The number of guanidine groups is 1. The molecule has 0 atom stereocenters. The lowest BCUT2D eigenvalue weighted by atomic mass is 10.1. The predicted octanol–water partition coefficient (Wildman–Crippen LogP) is 2.96. The SMILES string of the molecule is CN=C(NCCNC(=O)c1ccc(C)c(F)c1)NCc1cc(C(C)C)no1.I. The highest BCUT2D eigenvalue weighted by Gasteiger charge is 2.09. The molecule has 1 aromatic carbocycles. The fourth-order valence-electron chi connectivity index (χ4n) is 2.27. The van der Waals surface area contributed by atoms with Gasteiger partial charge in [-0.05, 0) is 30.5 Å². The Balaban J connectivity index is 0.00000392. The molecule has 3 N–H and O–H groups in total. The molecule has 2 aromatic rings. The average Bonchev–Trinajstić information content (AvgIpc) is 3.12. The summed E-state index contributed by atoms with van der Waals surface area (Å²) < 4.78 is 18.8. The van der Waals surface area contributed by atoms with E-state index in [2.05, 4.69) is 39.9 Å². The lowest BCUT2D eigenvalue weighted by Crippen LogP contribution is -2.41. The molecule has 0 aliphatic rings. The minimum Gasteiger partial charge on any atom is -0.359 e. The normalized spacial score (nSPS) is 11.1. The third kappa shape index (κ3) is 7.10. The number of halogens is 2. The largest absolute Gasteiger partial charge is 0.359 e. The molecular formula is C19H27FIN5O2. The average molecular weight is 503 g/mol. The van der Waals surface area contributed by atoms with Gasteiger partial charge in [-0.15, -0.1) is 24.0 Å². The summed E-state index contributed by atoms with van der Waals surface area (Å²) in [6.45, 7) is 7.04. The number of hydrogen-bond acceptors (Lipinski definition) is 4. The summed E-state index contributed by atoms with van der Waals surface area (Å²) >= 11 is 0. The van der Waals surface area contributed by atoms with Crippen molar-refractivity contribution in [1.82, 2.24) is 21.1 Å². The summed E-state index contributed by atoms with van der Waals surface area (Å²) in [7, 11) is 1.66. The lowest BCUT2D eigenvalue weighted by Gasteiger charge is -2.11. The number of hydrogen-bond donors (Lipinski definition) is 3. The van der Waals surface area contributed by atoms with E-state index < -0.39 is 5.82 Å². The molecule has 1 amide bonds. The van der Waals surface area contributed by atoms with Gasteiger partial charge >= 0.3 is 0 Å². The first-order chi connectivity index (χ1) is 12.9. The summed E-state index contributed by atoms with van der Waals surface area (Å²) in [5, 5.41) is 12.9. The number of carbonyl (C=O) groups is 1. The van der Waals surface area contributed by atoms with E-state index in [1.54, 1.807) is 26.1 Å². The van der Waals surface area contributed by atoms with Gasteiger partial charge in [0.15, 0.2) is 11.7 Å². The van der Waals surface area contributed by atoms with Gasteiger partial charge in [-0.2, -0.15) is 0 Å². The molecule has 1 aromatic heterocycles. The Morgan fingerprint density at radius 2 is 1.93 bits per heavy atom. The van der Waals surface area contributed by atoms with Crippen molar-refractivity contribution in [2.75, 3.05) is 20.1 Å². The van der Waals surface area contributed by atoms with Crippen LogP contribution in [0.2, 0.25) is 0 Å². The van der Waals surface area contributed by atoms with Crippen LogP contribution in [0, 0.1) is 12.7 Å². The smallest absolute Gasteiger partial charge is 0.251 e. The van der Waals surface area contributed by atoms with E-state index in [0.29, 0.717) is 42.6 Å². The predicted molar refractivity (Wildman–Crippen MR) is 118 cm³/mol. The van der Waals surface area contributed by atoms with Crippen molar-refractivity contribution in [2.24, 2.45) is 4.99 Å². The van der Waals surface area contributed by atoms with Crippen LogP contribution in [0.3, 0.4) is 0 Å². The Kier molecular flexibility index (Phi) is 9.91. The van der Waals surface area contributed by atoms with Gasteiger partial charge in [0.2, 0.25) is 0 Å². The Labute approximate surface area is 181 Å². The summed E-state index contributed by atoms with van der Waals surface area (Å²) in [4.78, 5) is 16.1. The number of nitrogens with zero attached hydrogens (tertiary/aromatic N) is 2. The standard InChI is InChI=1S/C19H26FN5O2.HI/c1-12(2)17-10-15(27-25-17)11-24-19(21-4)23-8-7-22-18(26)14-6-5-13(3)16(20)9-14;/h5-6,9-10,12H,7-8,11H2,1-4H3,(H,22,26)(H2,21,23,24);1H. The van der Waals surface area contributed by atoms with E-state index in [-0.39, 0.29) is 29.9 Å². The Morgan fingerprint density at radius 1 is 1.21 bits per heavy atom. The summed E-state index contributed by atoms with van der Waals surface area (Å²) in [6.07, 6.45) is 0. The van der Waals surface area contributed by atoms with Crippen LogP contribution in [0.15, 0.2) is 33.8 Å². The van der Waals surface area contributed by atoms with E-state index in [1.165, 1.54) is 6.07 Å². The van der Waals surface area contributed by atoms with Crippen LogP contribution in [0.1, 0.15) is 47.1 Å². The van der Waals surface area contributed by atoms with Crippen LogP contribution in [0.25, 0.3) is 0 Å². The minimum atomic E-state index is -0.390. The third-order valence-corrected chi connectivity index (χ3v) is 3.96. The maximum atomic E-state index is 13.5. The molecule has 0 fully saturated rings. The van der Waals surface area contributed by atoms with Crippen LogP contribution < -0.4 is 16.0 Å². The fourth-order valence-corrected chi connectivity index (χ4v) is 2.27.